The highest BCUT2D eigenvalue weighted by Crippen LogP contribution is 2.45. The number of hydrogen-bond donors (Lipinski definition) is 3. The number of hydroxylamine groups is 2. The molecular formula is C40H64N4O13S2. The van der Waals surface area contributed by atoms with E-state index in [4.69, 9.17) is 15.0 Å². The van der Waals surface area contributed by atoms with Gasteiger partial charge in [0.1, 0.15) is 20.8 Å². The van der Waals surface area contributed by atoms with E-state index >= 15 is 0 Å². The predicted molar refractivity (Wildman–Crippen MR) is 218 cm³/mol. The maximum absolute atomic E-state index is 12.8. The molecule has 2 amide bonds. The molecule has 17 nitrogen and oxygen atoms in total. The van der Waals surface area contributed by atoms with Gasteiger partial charge in [-0.2, -0.15) is 4.33 Å². The zero-order chi connectivity index (χ0) is 44.8. The number of quaternary nitrogens is 2. The van der Waals surface area contributed by atoms with Crippen molar-refractivity contribution in [3.63, 3.8) is 0 Å². The van der Waals surface area contributed by atoms with E-state index in [1.54, 1.807) is 9.80 Å². The zero-order valence-corrected chi connectivity index (χ0v) is 37.7. The summed E-state index contributed by atoms with van der Waals surface area (Å²) in [6.07, 6.45) is 0.709. The van der Waals surface area contributed by atoms with Crippen LogP contribution in [0.25, 0.3) is 11.0 Å². The van der Waals surface area contributed by atoms with Crippen LogP contribution < -0.4 is 26.4 Å². The van der Waals surface area contributed by atoms with Crippen LogP contribution in [0.1, 0.15) is 138 Å². The van der Waals surface area contributed by atoms with Gasteiger partial charge in [-0.05, 0) is 113 Å². The third kappa shape index (κ3) is 14.9. The summed E-state index contributed by atoms with van der Waals surface area (Å²) in [7, 11) is -5.12. The monoisotopic (exact) mass is 872 g/mol. The number of nitrogen functional groups attached to an aromatic ring is 1. The fourth-order valence-corrected chi connectivity index (χ4v) is 9.58. The molecule has 4 rings (SSSR count). The number of imide groups is 1. The summed E-state index contributed by atoms with van der Waals surface area (Å²) in [5.41, 5.74) is 4.55. The summed E-state index contributed by atoms with van der Waals surface area (Å²) in [6, 6.07) is 5.71. The Morgan fingerprint density at radius 1 is 0.898 bits per heavy atom. The van der Waals surface area contributed by atoms with Crippen molar-refractivity contribution in [2.45, 2.75) is 167 Å². The minimum absolute atomic E-state index is 0.0243. The number of ketones is 1. The summed E-state index contributed by atoms with van der Waals surface area (Å²) in [5, 5.41) is 13.9. The largest absolute Gasteiger partial charge is 0.744 e. The van der Waals surface area contributed by atoms with E-state index in [0.717, 1.165) is 24.2 Å². The zero-order valence-electron chi connectivity index (χ0n) is 36.0. The Labute approximate surface area is 352 Å². The molecule has 0 spiro atoms. The molecule has 2 atom stereocenters. The Bertz CT molecular complexity index is 1850. The molecule has 1 fully saturated rings. The fraction of sp³-hybridized carbons (Fsp3) is 0.675. The van der Waals surface area contributed by atoms with Gasteiger partial charge in [0.05, 0.1) is 42.9 Å². The lowest BCUT2D eigenvalue weighted by Gasteiger charge is -2.25. The molecule has 1 aliphatic heterocycles. The number of amides is 2. The quantitative estimate of drug-likeness (QED) is 0.0268. The average molecular weight is 873 g/mol. The van der Waals surface area contributed by atoms with Crippen LogP contribution >= 0.6 is 12.0 Å². The van der Waals surface area contributed by atoms with E-state index in [9.17, 15) is 42.2 Å². The summed E-state index contributed by atoms with van der Waals surface area (Å²) in [6.45, 7) is 25.2. The number of Topliss-reactive ketones (excluding diaryl/α,β-unsaturated/α-hetero) is 1. The molecule has 1 aromatic carbocycles. The van der Waals surface area contributed by atoms with Crippen LogP contribution in [0.4, 0.5) is 5.69 Å². The number of hydrogen-bond acceptors (Lipinski definition) is 15. The van der Waals surface area contributed by atoms with Gasteiger partial charge in [-0.3, -0.25) is 19.4 Å². The van der Waals surface area contributed by atoms with E-state index in [-0.39, 0.29) is 68.1 Å². The minimum Gasteiger partial charge on any atom is -0.744 e. The smallest absolute Gasteiger partial charge is 0.339 e. The van der Waals surface area contributed by atoms with Crippen LogP contribution in [0, 0.1) is 0 Å². The first kappa shape index (κ1) is 51.7. The number of rotatable bonds is 19. The molecule has 2 unspecified atom stereocenters. The molecular weight excluding hydrogens is 809 g/mol. The molecule has 2 aromatic rings. The molecule has 19 heteroatoms. The van der Waals surface area contributed by atoms with E-state index in [1.807, 2.05) is 0 Å². The van der Waals surface area contributed by atoms with Gasteiger partial charge in [-0.1, -0.05) is 0 Å². The SMILES string of the molecule is CC[NH+](C(C)C)C(C)C.CC[NH+](C(C)C)C(C)C.Nc1ccc2c3c(c(=O)oc2c1S(=O)(=O)[O-])CCC3C(CC(=O)CCCCC(=O)ON1C(=O)CCC1=O)SOO[O-]. The molecule has 1 aliphatic carbocycles. The average Bonchev–Trinajstić information content (AvgIpc) is 3.72. The van der Waals surface area contributed by atoms with Crippen LogP contribution in [0.3, 0.4) is 0 Å². The maximum Gasteiger partial charge on any atom is 0.339 e. The molecule has 0 bridgehead atoms. The standard InChI is InChI=1S/C24H26N2O13S2.2C8H19N/c25-16-8-7-14-21-13(5-6-15(21)24(31)36-22(14)23(16)41(33,34)35)17(40-39-38-32)11-12(27)3-1-2-4-20(30)37-26-18(28)9-10-19(26)29;2*1-6-9(7(2)3)8(4)5/h7-8,13,17,32H,1-6,9-11,25H2,(H,33,34,35);2*7-8H,6H2,1-5H3. The van der Waals surface area contributed by atoms with E-state index in [0.29, 0.717) is 29.1 Å². The van der Waals surface area contributed by atoms with Gasteiger partial charge < -0.3 is 34.6 Å². The highest BCUT2D eigenvalue weighted by molar-refractivity contribution is 7.95. The second kappa shape index (κ2) is 24.1. The van der Waals surface area contributed by atoms with E-state index < -0.39 is 60.9 Å². The van der Waals surface area contributed by atoms with Gasteiger partial charge in [-0.25, -0.2) is 18.0 Å². The van der Waals surface area contributed by atoms with Gasteiger partial charge >= 0.3 is 11.6 Å². The van der Waals surface area contributed by atoms with Crippen LogP contribution in [0.5, 0.6) is 0 Å². The number of nitrogens with two attached hydrogens (primary N) is 1. The van der Waals surface area contributed by atoms with Gasteiger partial charge in [-0.15, -0.1) is 5.06 Å². The molecule has 2 heterocycles. The van der Waals surface area contributed by atoms with Crippen molar-refractivity contribution >= 4 is 62.4 Å². The Morgan fingerprint density at radius 3 is 1.88 bits per heavy atom. The van der Waals surface area contributed by atoms with Gasteiger partial charge in [0, 0.05) is 66.3 Å². The van der Waals surface area contributed by atoms with Crippen LogP contribution in [-0.2, 0) is 49.9 Å². The highest BCUT2D eigenvalue weighted by Gasteiger charge is 2.37. The van der Waals surface area contributed by atoms with Crippen molar-refractivity contribution in [3.8, 4) is 0 Å². The van der Waals surface area contributed by atoms with Crippen molar-refractivity contribution in [2.24, 2.45) is 0 Å². The Balaban J connectivity index is 0.000000553. The van der Waals surface area contributed by atoms with Crippen molar-refractivity contribution in [1.82, 2.24) is 5.06 Å². The first-order chi connectivity index (χ1) is 27.6. The number of nitrogens with one attached hydrogen (secondary N) is 2. The van der Waals surface area contributed by atoms with Crippen molar-refractivity contribution < 1.29 is 65.8 Å². The topological polar surface area (TPSA) is 245 Å². The highest BCUT2D eigenvalue weighted by atomic mass is 32.2. The van der Waals surface area contributed by atoms with Crippen molar-refractivity contribution in [1.29, 1.82) is 0 Å². The Hall–Kier alpha value is -3.43. The van der Waals surface area contributed by atoms with Gasteiger partial charge in [0.15, 0.2) is 5.58 Å². The minimum atomic E-state index is -5.12. The number of carbonyl (C=O) groups excluding carboxylic acids is 4. The van der Waals surface area contributed by atoms with Crippen LogP contribution in [0.15, 0.2) is 26.2 Å². The summed E-state index contributed by atoms with van der Waals surface area (Å²) in [5.74, 6) is -2.86. The van der Waals surface area contributed by atoms with Gasteiger partial charge in [0.25, 0.3) is 11.8 Å². The lowest BCUT2D eigenvalue weighted by molar-refractivity contribution is -0.940. The fourth-order valence-electron chi connectivity index (χ4n) is 8.05. The number of unbranched alkanes of at least 4 members (excludes halogenated alkanes) is 1. The Morgan fingerprint density at radius 2 is 1.42 bits per heavy atom. The number of fused-ring (bicyclic) bond motifs is 3. The third-order valence-corrected chi connectivity index (χ3v) is 12.5. The molecule has 1 saturated heterocycles. The Kier molecular flexibility index (Phi) is 21.1. The van der Waals surface area contributed by atoms with Crippen molar-refractivity contribution in [2.75, 3.05) is 18.8 Å². The number of anilines is 1. The van der Waals surface area contributed by atoms with E-state index in [1.165, 1.54) is 25.2 Å². The van der Waals surface area contributed by atoms with E-state index in [2.05, 4.69) is 78.6 Å². The molecule has 0 saturated carbocycles. The molecule has 59 heavy (non-hydrogen) atoms. The summed E-state index contributed by atoms with van der Waals surface area (Å²) < 4.78 is 45.4. The first-order valence-electron chi connectivity index (χ1n) is 20.4. The first-order valence-corrected chi connectivity index (χ1v) is 22.6. The lowest BCUT2D eigenvalue weighted by Crippen LogP contribution is -3.17. The molecule has 4 N–H and O–H groups in total. The second-order valence-electron chi connectivity index (χ2n) is 16.0. The summed E-state index contributed by atoms with van der Waals surface area (Å²) in [4.78, 5) is 67.9. The van der Waals surface area contributed by atoms with Gasteiger partial charge in [0.2, 0.25) is 0 Å². The second-order valence-corrected chi connectivity index (χ2v) is 18.2. The molecule has 0 radical (unpaired) electrons. The molecule has 334 valence electrons. The van der Waals surface area contributed by atoms with Crippen LogP contribution in [0.2, 0.25) is 0 Å². The van der Waals surface area contributed by atoms with Crippen LogP contribution in [-0.4, -0.2) is 84.1 Å². The number of carbonyl (C=O) groups is 4. The molecule has 2 aliphatic rings. The normalized spacial score (nSPS) is 16.0. The number of benzene rings is 1. The summed E-state index contributed by atoms with van der Waals surface area (Å²) >= 11 is 0.564. The molecule has 1 aromatic heterocycles. The number of nitrogens with zero attached hydrogens (tertiary/aromatic N) is 1. The third-order valence-electron chi connectivity index (χ3n) is 10.7. The predicted octanol–water partition coefficient (Wildman–Crippen LogP) is 2.09. The maximum atomic E-state index is 12.8. The lowest BCUT2D eigenvalue weighted by atomic mass is 9.91. The van der Waals surface area contributed by atoms with Crippen molar-refractivity contribution in [3.05, 3.63) is 33.7 Å².